The van der Waals surface area contributed by atoms with Crippen LogP contribution in [0.5, 0.6) is 0 Å². The Balaban J connectivity index is 2.16. The van der Waals surface area contributed by atoms with Gasteiger partial charge in [0.2, 0.25) is 0 Å². The van der Waals surface area contributed by atoms with Crippen molar-refractivity contribution < 1.29 is 0 Å². The first-order valence-electron chi connectivity index (χ1n) is 5.91. The molecule has 0 aliphatic carbocycles. The number of nitrogen functional groups attached to an aromatic ring is 1. The van der Waals surface area contributed by atoms with Crippen molar-refractivity contribution in [1.82, 2.24) is 9.78 Å². The topological polar surface area (TPSA) is 55.9 Å². The first kappa shape index (κ1) is 12.8. The molecule has 3 N–H and O–H groups in total. The number of hydrogen-bond donors (Lipinski definition) is 2. The summed E-state index contributed by atoms with van der Waals surface area (Å²) in [5.41, 5.74) is 9.59. The van der Waals surface area contributed by atoms with Gasteiger partial charge in [0.25, 0.3) is 0 Å². The van der Waals surface area contributed by atoms with Crippen molar-refractivity contribution in [2.24, 2.45) is 7.05 Å². The number of aryl methyl sites for hydroxylation is 2. The van der Waals surface area contributed by atoms with Crippen molar-refractivity contribution in [2.45, 2.75) is 19.9 Å². The number of nitrogens with zero attached hydrogens (tertiary/aromatic N) is 2. The molecule has 4 nitrogen and oxygen atoms in total. The molecule has 0 radical (unpaired) electrons. The van der Waals surface area contributed by atoms with Gasteiger partial charge in [-0.2, -0.15) is 5.10 Å². The molecule has 0 bridgehead atoms. The molecule has 0 fully saturated rings. The molecule has 1 aromatic heterocycles. The van der Waals surface area contributed by atoms with Gasteiger partial charge in [-0.05, 0) is 18.6 Å². The third kappa shape index (κ3) is 2.59. The van der Waals surface area contributed by atoms with Crippen LogP contribution in [-0.4, -0.2) is 9.78 Å². The summed E-state index contributed by atoms with van der Waals surface area (Å²) < 4.78 is 1.83. The zero-order chi connectivity index (χ0) is 13.1. The van der Waals surface area contributed by atoms with E-state index in [0.29, 0.717) is 17.3 Å². The highest BCUT2D eigenvalue weighted by Gasteiger charge is 2.08. The Morgan fingerprint density at radius 3 is 2.89 bits per heavy atom. The molecule has 2 aromatic rings. The number of aromatic nitrogens is 2. The Hall–Kier alpha value is -1.68. The van der Waals surface area contributed by atoms with Gasteiger partial charge in [0.1, 0.15) is 0 Å². The summed E-state index contributed by atoms with van der Waals surface area (Å²) in [7, 11) is 1.92. The zero-order valence-electron chi connectivity index (χ0n) is 10.6. The average molecular weight is 265 g/mol. The van der Waals surface area contributed by atoms with Gasteiger partial charge < -0.3 is 11.1 Å². The molecule has 0 atom stereocenters. The molecule has 0 aliphatic rings. The van der Waals surface area contributed by atoms with Crippen molar-refractivity contribution in [3.8, 4) is 0 Å². The van der Waals surface area contributed by atoms with Crippen LogP contribution in [0.25, 0.3) is 0 Å². The van der Waals surface area contributed by atoms with Crippen LogP contribution in [0.15, 0.2) is 24.4 Å². The Bertz CT molecular complexity index is 528. The second kappa shape index (κ2) is 5.31. The number of halogens is 1. The third-order valence-corrected chi connectivity index (χ3v) is 3.14. The van der Waals surface area contributed by atoms with Crippen LogP contribution in [0.2, 0.25) is 5.02 Å². The van der Waals surface area contributed by atoms with Gasteiger partial charge in [0.15, 0.2) is 0 Å². The van der Waals surface area contributed by atoms with E-state index in [1.165, 1.54) is 5.56 Å². The molecule has 0 aliphatic heterocycles. The number of para-hydroxylation sites is 1. The second-order valence-electron chi connectivity index (χ2n) is 4.19. The van der Waals surface area contributed by atoms with Gasteiger partial charge in [0.05, 0.1) is 22.1 Å². The van der Waals surface area contributed by atoms with E-state index in [-0.39, 0.29) is 0 Å². The highest BCUT2D eigenvalue weighted by Crippen LogP contribution is 2.28. The number of anilines is 2. The van der Waals surface area contributed by atoms with Crippen LogP contribution in [0.3, 0.4) is 0 Å². The summed E-state index contributed by atoms with van der Waals surface area (Å²) in [6, 6.07) is 5.49. The quantitative estimate of drug-likeness (QED) is 0.835. The Labute approximate surface area is 112 Å². The molecule has 0 amide bonds. The fraction of sp³-hybridized carbons (Fsp3) is 0.308. The first-order valence-corrected chi connectivity index (χ1v) is 6.29. The highest BCUT2D eigenvalue weighted by molar-refractivity contribution is 6.33. The van der Waals surface area contributed by atoms with E-state index < -0.39 is 0 Å². The molecule has 18 heavy (non-hydrogen) atoms. The fourth-order valence-corrected chi connectivity index (χ4v) is 2.19. The van der Waals surface area contributed by atoms with E-state index in [1.54, 1.807) is 0 Å². The highest BCUT2D eigenvalue weighted by atomic mass is 35.5. The number of rotatable bonds is 4. The van der Waals surface area contributed by atoms with Crippen LogP contribution in [0.1, 0.15) is 18.2 Å². The first-order chi connectivity index (χ1) is 8.61. The van der Waals surface area contributed by atoms with E-state index >= 15 is 0 Å². The maximum Gasteiger partial charge on any atom is 0.0765 e. The van der Waals surface area contributed by atoms with Crippen LogP contribution >= 0.6 is 11.6 Å². The molecule has 1 aromatic carbocycles. The summed E-state index contributed by atoms with van der Waals surface area (Å²) in [4.78, 5) is 0. The minimum Gasteiger partial charge on any atom is -0.397 e. The molecule has 0 spiro atoms. The lowest BCUT2D eigenvalue weighted by Gasteiger charge is -2.10. The number of benzene rings is 1. The van der Waals surface area contributed by atoms with Gasteiger partial charge in [-0.1, -0.05) is 24.6 Å². The van der Waals surface area contributed by atoms with Crippen molar-refractivity contribution in [2.75, 3.05) is 11.1 Å². The van der Waals surface area contributed by atoms with Crippen molar-refractivity contribution in [3.63, 3.8) is 0 Å². The Kier molecular flexibility index (Phi) is 3.77. The minimum atomic E-state index is 0.636. The van der Waals surface area contributed by atoms with E-state index in [1.807, 2.05) is 36.1 Å². The van der Waals surface area contributed by atoms with Crippen LogP contribution in [0.4, 0.5) is 11.4 Å². The van der Waals surface area contributed by atoms with Crippen molar-refractivity contribution in [1.29, 1.82) is 0 Å². The third-order valence-electron chi connectivity index (χ3n) is 2.83. The molecular weight excluding hydrogens is 248 g/mol. The predicted molar refractivity (Wildman–Crippen MR) is 75.8 cm³/mol. The lowest BCUT2D eigenvalue weighted by Crippen LogP contribution is -2.04. The van der Waals surface area contributed by atoms with Gasteiger partial charge >= 0.3 is 0 Å². The number of nitrogens with two attached hydrogens (primary N) is 1. The van der Waals surface area contributed by atoms with Gasteiger partial charge in [-0.25, -0.2) is 0 Å². The number of nitrogens with one attached hydrogen (secondary N) is 1. The monoisotopic (exact) mass is 264 g/mol. The standard InChI is InChI=1S/C13H17ClN4/c1-3-12-9(8-18(2)17-12)7-16-13-10(14)5-4-6-11(13)15/h4-6,8,16H,3,7,15H2,1-2H3. The molecule has 1 heterocycles. The summed E-state index contributed by atoms with van der Waals surface area (Å²) in [6.45, 7) is 2.76. The molecule has 0 unspecified atom stereocenters. The average Bonchev–Trinajstić information content (AvgIpc) is 2.69. The Morgan fingerprint density at radius 1 is 1.44 bits per heavy atom. The normalized spacial score (nSPS) is 10.6. The second-order valence-corrected chi connectivity index (χ2v) is 4.59. The Morgan fingerprint density at radius 2 is 2.22 bits per heavy atom. The largest absolute Gasteiger partial charge is 0.397 e. The number of hydrogen-bond acceptors (Lipinski definition) is 3. The fourth-order valence-electron chi connectivity index (χ4n) is 1.94. The van der Waals surface area contributed by atoms with Crippen LogP contribution < -0.4 is 11.1 Å². The molecule has 0 saturated carbocycles. The molecule has 5 heteroatoms. The van der Waals surface area contributed by atoms with Gasteiger partial charge in [0, 0.05) is 25.4 Å². The summed E-state index contributed by atoms with van der Waals surface area (Å²) in [6.07, 6.45) is 2.93. The molecule has 0 saturated heterocycles. The van der Waals surface area contributed by atoms with Crippen molar-refractivity contribution >= 4 is 23.0 Å². The molecule has 2 rings (SSSR count). The maximum atomic E-state index is 6.11. The van der Waals surface area contributed by atoms with Crippen LogP contribution in [0, 0.1) is 0 Å². The lowest BCUT2D eigenvalue weighted by atomic mass is 10.2. The lowest BCUT2D eigenvalue weighted by molar-refractivity contribution is 0.746. The predicted octanol–water partition coefficient (Wildman–Crippen LogP) is 2.83. The SMILES string of the molecule is CCc1nn(C)cc1CNc1c(N)cccc1Cl. The van der Waals surface area contributed by atoms with E-state index in [0.717, 1.165) is 17.8 Å². The van der Waals surface area contributed by atoms with Crippen molar-refractivity contribution in [3.05, 3.63) is 40.7 Å². The zero-order valence-corrected chi connectivity index (χ0v) is 11.3. The van der Waals surface area contributed by atoms with E-state index in [9.17, 15) is 0 Å². The van der Waals surface area contributed by atoms with Gasteiger partial charge in [-0.15, -0.1) is 0 Å². The molecule has 96 valence electrons. The summed E-state index contributed by atoms with van der Waals surface area (Å²) in [5, 5.41) is 8.31. The minimum absolute atomic E-state index is 0.636. The van der Waals surface area contributed by atoms with Crippen LogP contribution in [-0.2, 0) is 20.0 Å². The van der Waals surface area contributed by atoms with Gasteiger partial charge in [-0.3, -0.25) is 4.68 Å². The molecular formula is C13H17ClN4. The summed E-state index contributed by atoms with van der Waals surface area (Å²) in [5.74, 6) is 0. The van der Waals surface area contributed by atoms with E-state index in [4.69, 9.17) is 17.3 Å². The smallest absolute Gasteiger partial charge is 0.0765 e. The maximum absolute atomic E-state index is 6.11. The van der Waals surface area contributed by atoms with E-state index in [2.05, 4.69) is 17.3 Å². The summed E-state index contributed by atoms with van der Waals surface area (Å²) >= 11 is 6.11.